The number of carbonyl (C=O) groups is 1. The molecule has 8 heteroatoms. The van der Waals surface area contributed by atoms with Crippen LogP contribution in [0, 0.1) is 5.92 Å². The molecule has 1 amide bonds. The highest BCUT2D eigenvalue weighted by Crippen LogP contribution is 2.24. The third-order valence-electron chi connectivity index (χ3n) is 4.76. The molecule has 2 aromatic rings. The Labute approximate surface area is 165 Å². The van der Waals surface area contributed by atoms with E-state index in [0.29, 0.717) is 43.6 Å². The highest BCUT2D eigenvalue weighted by Gasteiger charge is 2.31. The van der Waals surface area contributed by atoms with Crippen molar-refractivity contribution in [3.8, 4) is 17.1 Å². The van der Waals surface area contributed by atoms with E-state index in [9.17, 15) is 4.79 Å². The number of nitrogens with two attached hydrogens (primary N) is 1. The van der Waals surface area contributed by atoms with Crippen LogP contribution < -0.4 is 10.5 Å². The van der Waals surface area contributed by atoms with Crippen molar-refractivity contribution in [1.82, 2.24) is 15.0 Å². The summed E-state index contributed by atoms with van der Waals surface area (Å²) in [6.45, 7) is 6.02. The molecule has 0 spiro atoms. The molecule has 2 heterocycles. The minimum Gasteiger partial charge on any atom is -0.494 e. The summed E-state index contributed by atoms with van der Waals surface area (Å²) in [7, 11) is 0. The van der Waals surface area contributed by atoms with Crippen molar-refractivity contribution in [1.29, 1.82) is 0 Å². The smallest absolute Gasteiger partial charge is 0.227 e. The number of hydrogen-bond acceptors (Lipinski definition) is 6. The van der Waals surface area contributed by atoms with Crippen LogP contribution in [-0.4, -0.2) is 46.7 Å². The number of aryl methyl sites for hydroxylation is 1. The molecule has 0 radical (unpaired) electrons. The van der Waals surface area contributed by atoms with Crippen molar-refractivity contribution in [3.63, 3.8) is 0 Å². The van der Waals surface area contributed by atoms with E-state index >= 15 is 0 Å². The molecular formula is C19H27ClN4O3. The Morgan fingerprint density at radius 1 is 1.37 bits per heavy atom. The molecule has 2 N–H and O–H groups in total. The molecule has 2 atom stereocenters. The first-order valence-electron chi connectivity index (χ1n) is 9.16. The molecule has 1 aromatic heterocycles. The van der Waals surface area contributed by atoms with Crippen molar-refractivity contribution in [2.75, 3.05) is 19.7 Å². The molecular weight excluding hydrogens is 368 g/mol. The lowest BCUT2D eigenvalue weighted by atomic mass is 10.1. The van der Waals surface area contributed by atoms with Gasteiger partial charge in [0.15, 0.2) is 0 Å². The second-order valence-corrected chi connectivity index (χ2v) is 6.70. The van der Waals surface area contributed by atoms with Crippen molar-refractivity contribution in [2.24, 2.45) is 11.7 Å². The monoisotopic (exact) mass is 394 g/mol. The highest BCUT2D eigenvalue weighted by molar-refractivity contribution is 5.85. The molecule has 2 unspecified atom stereocenters. The number of amides is 1. The SMILES string of the molecule is CCOc1ccc(-c2noc(CCC(=O)N3CC(CN)CC3C)n2)cc1.Cl. The van der Waals surface area contributed by atoms with E-state index in [0.717, 1.165) is 24.3 Å². The van der Waals surface area contributed by atoms with Gasteiger partial charge in [-0.1, -0.05) is 5.16 Å². The van der Waals surface area contributed by atoms with Crippen LogP contribution in [0.3, 0.4) is 0 Å². The summed E-state index contributed by atoms with van der Waals surface area (Å²) < 4.78 is 10.7. The van der Waals surface area contributed by atoms with Gasteiger partial charge in [0.25, 0.3) is 0 Å². The molecule has 1 aliphatic heterocycles. The normalized spacial score (nSPS) is 19.0. The van der Waals surface area contributed by atoms with E-state index in [4.69, 9.17) is 15.0 Å². The van der Waals surface area contributed by atoms with Gasteiger partial charge < -0.3 is 19.9 Å². The first-order chi connectivity index (χ1) is 12.6. The van der Waals surface area contributed by atoms with E-state index in [1.807, 2.05) is 36.1 Å². The standard InChI is InChI=1S/C19H26N4O3.ClH/c1-3-25-16-6-4-15(5-7-16)19-21-17(26-22-19)8-9-18(24)23-12-14(11-20)10-13(23)2;/h4-7,13-14H,3,8-12,20H2,1-2H3;1H. The number of hydrogen-bond donors (Lipinski definition) is 1. The second-order valence-electron chi connectivity index (χ2n) is 6.70. The number of aromatic nitrogens is 2. The summed E-state index contributed by atoms with van der Waals surface area (Å²) in [5.41, 5.74) is 6.58. The number of rotatable bonds is 7. The van der Waals surface area contributed by atoms with Gasteiger partial charge in [-0.2, -0.15) is 4.98 Å². The topological polar surface area (TPSA) is 94.5 Å². The first-order valence-corrected chi connectivity index (χ1v) is 9.16. The molecule has 27 heavy (non-hydrogen) atoms. The quantitative estimate of drug-likeness (QED) is 0.775. The third-order valence-corrected chi connectivity index (χ3v) is 4.76. The average molecular weight is 395 g/mol. The predicted octanol–water partition coefficient (Wildman–Crippen LogP) is 2.69. The number of halogens is 1. The van der Waals surface area contributed by atoms with Gasteiger partial charge >= 0.3 is 0 Å². The van der Waals surface area contributed by atoms with Crippen LogP contribution in [-0.2, 0) is 11.2 Å². The van der Waals surface area contributed by atoms with Crippen molar-refractivity contribution in [3.05, 3.63) is 30.2 Å². The highest BCUT2D eigenvalue weighted by atomic mass is 35.5. The molecule has 1 aromatic carbocycles. The summed E-state index contributed by atoms with van der Waals surface area (Å²) in [4.78, 5) is 18.8. The van der Waals surface area contributed by atoms with Gasteiger partial charge in [-0.15, -0.1) is 12.4 Å². The number of benzene rings is 1. The third kappa shape index (κ3) is 5.20. The number of carbonyl (C=O) groups excluding carboxylic acids is 1. The minimum absolute atomic E-state index is 0. The maximum absolute atomic E-state index is 12.4. The molecule has 148 valence electrons. The predicted molar refractivity (Wildman–Crippen MR) is 105 cm³/mol. The molecule has 1 saturated heterocycles. The lowest BCUT2D eigenvalue weighted by Gasteiger charge is -2.21. The van der Waals surface area contributed by atoms with Gasteiger partial charge in [-0.05, 0) is 57.0 Å². The fourth-order valence-corrected chi connectivity index (χ4v) is 3.36. The van der Waals surface area contributed by atoms with Gasteiger partial charge in [0.1, 0.15) is 5.75 Å². The summed E-state index contributed by atoms with van der Waals surface area (Å²) in [6, 6.07) is 7.79. The zero-order valence-electron chi connectivity index (χ0n) is 15.8. The van der Waals surface area contributed by atoms with Crippen LogP contribution in [0.25, 0.3) is 11.4 Å². The number of nitrogens with zero attached hydrogens (tertiary/aromatic N) is 3. The Bertz CT molecular complexity index is 735. The first kappa shape index (κ1) is 21.2. The summed E-state index contributed by atoms with van der Waals surface area (Å²) in [5, 5.41) is 4.01. The maximum atomic E-state index is 12.4. The fraction of sp³-hybridized carbons (Fsp3) is 0.526. The maximum Gasteiger partial charge on any atom is 0.227 e. The molecule has 0 bridgehead atoms. The zero-order valence-corrected chi connectivity index (χ0v) is 16.6. The van der Waals surface area contributed by atoms with E-state index in [1.165, 1.54) is 0 Å². The van der Waals surface area contributed by atoms with E-state index in [-0.39, 0.29) is 24.4 Å². The van der Waals surface area contributed by atoms with Crippen LogP contribution in [0.1, 0.15) is 32.6 Å². The summed E-state index contributed by atoms with van der Waals surface area (Å²) >= 11 is 0. The van der Waals surface area contributed by atoms with Gasteiger partial charge in [0.2, 0.25) is 17.6 Å². The van der Waals surface area contributed by atoms with Gasteiger partial charge in [0, 0.05) is 31.0 Å². The summed E-state index contributed by atoms with van der Waals surface area (Å²) in [6.07, 6.45) is 1.79. The molecule has 1 aliphatic rings. The zero-order chi connectivity index (χ0) is 18.5. The van der Waals surface area contributed by atoms with Crippen molar-refractivity contribution < 1.29 is 14.1 Å². The Kier molecular flexibility index (Phi) is 7.62. The lowest BCUT2D eigenvalue weighted by Crippen LogP contribution is -2.34. The van der Waals surface area contributed by atoms with E-state index in [1.54, 1.807) is 0 Å². The molecule has 7 nitrogen and oxygen atoms in total. The molecule has 3 rings (SSSR count). The lowest BCUT2D eigenvalue weighted by molar-refractivity contribution is -0.131. The van der Waals surface area contributed by atoms with Crippen LogP contribution in [0.4, 0.5) is 0 Å². The Balaban J connectivity index is 0.00000261. The van der Waals surface area contributed by atoms with Crippen LogP contribution in [0.5, 0.6) is 5.75 Å². The minimum atomic E-state index is 0. The Hall–Kier alpha value is -2.12. The van der Waals surface area contributed by atoms with Gasteiger partial charge in [-0.25, -0.2) is 0 Å². The number of ether oxygens (including phenoxy) is 1. The van der Waals surface area contributed by atoms with Crippen LogP contribution >= 0.6 is 12.4 Å². The second kappa shape index (κ2) is 9.71. The average Bonchev–Trinajstić information content (AvgIpc) is 3.27. The van der Waals surface area contributed by atoms with Crippen molar-refractivity contribution in [2.45, 2.75) is 39.2 Å². The Morgan fingerprint density at radius 3 is 2.74 bits per heavy atom. The fourth-order valence-electron chi connectivity index (χ4n) is 3.36. The summed E-state index contributed by atoms with van der Waals surface area (Å²) in [5.74, 6) is 2.33. The van der Waals surface area contributed by atoms with E-state index in [2.05, 4.69) is 17.1 Å². The molecule has 0 saturated carbocycles. The molecule has 0 aliphatic carbocycles. The Morgan fingerprint density at radius 2 is 2.11 bits per heavy atom. The number of likely N-dealkylation sites (tertiary alicyclic amines) is 1. The van der Waals surface area contributed by atoms with Crippen LogP contribution in [0.2, 0.25) is 0 Å². The largest absolute Gasteiger partial charge is 0.494 e. The van der Waals surface area contributed by atoms with Crippen molar-refractivity contribution >= 4 is 18.3 Å². The van der Waals surface area contributed by atoms with Gasteiger partial charge in [0.05, 0.1) is 6.61 Å². The van der Waals surface area contributed by atoms with E-state index < -0.39 is 0 Å². The molecule has 1 fully saturated rings. The van der Waals surface area contributed by atoms with Gasteiger partial charge in [-0.3, -0.25) is 4.79 Å². The van der Waals surface area contributed by atoms with Crippen LogP contribution in [0.15, 0.2) is 28.8 Å².